The predicted molar refractivity (Wildman–Crippen MR) is 112 cm³/mol. The normalized spacial score (nSPS) is 23.2. The Kier molecular flexibility index (Phi) is 6.38. The number of benzene rings is 1. The number of hydrogen-bond acceptors (Lipinski definition) is 4. The second-order valence-corrected chi connectivity index (χ2v) is 8.72. The summed E-state index contributed by atoms with van der Waals surface area (Å²) < 4.78 is 5.12. The number of nitrogens with zero attached hydrogens (tertiary/aromatic N) is 2. The molecule has 3 aliphatic rings. The van der Waals surface area contributed by atoms with Gasteiger partial charge in [0.2, 0.25) is 0 Å². The first-order valence-corrected chi connectivity index (χ1v) is 11.2. The Hall–Kier alpha value is -2.08. The lowest BCUT2D eigenvalue weighted by atomic mass is 9.97. The molecule has 3 fully saturated rings. The highest BCUT2D eigenvalue weighted by atomic mass is 16.6. The van der Waals surface area contributed by atoms with Crippen LogP contribution in [0.1, 0.15) is 54.9 Å². The zero-order valence-electron chi connectivity index (χ0n) is 17.4. The number of hydrogen-bond donors (Lipinski definition) is 1. The number of likely N-dealkylation sites (tertiary alicyclic amines) is 2. The van der Waals surface area contributed by atoms with Crippen molar-refractivity contribution >= 4 is 12.0 Å². The van der Waals surface area contributed by atoms with Gasteiger partial charge in [0.15, 0.2) is 0 Å². The van der Waals surface area contributed by atoms with Gasteiger partial charge in [-0.2, -0.15) is 0 Å². The van der Waals surface area contributed by atoms with E-state index in [4.69, 9.17) is 4.74 Å². The zero-order valence-corrected chi connectivity index (χ0v) is 17.4. The standard InChI is InChI=1S/C23H33N3O3/c1-2-29-23(28)25-13-10-21(11-14-25)26-12-9-18(16-26)15-17-3-5-19(6-4-17)22(27)24-20-7-8-20/h3-6,18,20-21H,2,7-16H2,1H3,(H,24,27). The number of piperidine rings is 1. The van der Waals surface area contributed by atoms with Crippen LogP contribution in [0.2, 0.25) is 0 Å². The summed E-state index contributed by atoms with van der Waals surface area (Å²) >= 11 is 0. The highest BCUT2D eigenvalue weighted by molar-refractivity contribution is 5.94. The maximum atomic E-state index is 12.1. The quantitative estimate of drug-likeness (QED) is 0.799. The summed E-state index contributed by atoms with van der Waals surface area (Å²) in [5.41, 5.74) is 2.08. The van der Waals surface area contributed by atoms with Crippen molar-refractivity contribution in [1.82, 2.24) is 15.1 Å². The maximum absolute atomic E-state index is 12.1. The first-order chi connectivity index (χ1) is 14.1. The molecule has 158 valence electrons. The Bertz CT molecular complexity index is 709. The molecule has 0 radical (unpaired) electrons. The van der Waals surface area contributed by atoms with Crippen LogP contribution in [0.5, 0.6) is 0 Å². The van der Waals surface area contributed by atoms with Gasteiger partial charge in [-0.15, -0.1) is 0 Å². The smallest absolute Gasteiger partial charge is 0.409 e. The third-order valence-corrected chi connectivity index (χ3v) is 6.48. The van der Waals surface area contributed by atoms with Gasteiger partial charge < -0.3 is 15.0 Å². The molecular formula is C23H33N3O3. The van der Waals surface area contributed by atoms with Crippen molar-refractivity contribution in [3.05, 3.63) is 35.4 Å². The van der Waals surface area contributed by atoms with E-state index in [9.17, 15) is 9.59 Å². The molecule has 6 nitrogen and oxygen atoms in total. The number of carbonyl (C=O) groups excluding carboxylic acids is 2. The summed E-state index contributed by atoms with van der Waals surface area (Å²) in [6, 6.07) is 9.13. The number of nitrogens with one attached hydrogen (secondary N) is 1. The number of ether oxygens (including phenoxy) is 1. The molecule has 0 spiro atoms. The number of amides is 2. The lowest BCUT2D eigenvalue weighted by Crippen LogP contribution is -2.46. The highest BCUT2D eigenvalue weighted by Gasteiger charge is 2.32. The largest absolute Gasteiger partial charge is 0.450 e. The summed E-state index contributed by atoms with van der Waals surface area (Å²) in [7, 11) is 0. The molecule has 0 aromatic heterocycles. The van der Waals surface area contributed by atoms with Crippen molar-refractivity contribution in [1.29, 1.82) is 0 Å². The van der Waals surface area contributed by atoms with Gasteiger partial charge >= 0.3 is 6.09 Å². The molecule has 1 saturated carbocycles. The SMILES string of the molecule is CCOC(=O)N1CCC(N2CCC(Cc3ccc(C(=O)NC4CC4)cc3)C2)CC1. The van der Waals surface area contributed by atoms with E-state index < -0.39 is 0 Å². The van der Waals surface area contributed by atoms with E-state index in [1.54, 1.807) is 0 Å². The molecule has 4 rings (SSSR count). The van der Waals surface area contributed by atoms with Crippen LogP contribution in [0.15, 0.2) is 24.3 Å². The van der Waals surface area contributed by atoms with E-state index in [0.29, 0.717) is 24.6 Å². The van der Waals surface area contributed by atoms with Crippen LogP contribution < -0.4 is 5.32 Å². The second kappa shape index (κ2) is 9.16. The molecule has 2 heterocycles. The Morgan fingerprint density at radius 2 is 1.76 bits per heavy atom. The van der Waals surface area contributed by atoms with Crippen LogP contribution in [0.4, 0.5) is 4.79 Å². The summed E-state index contributed by atoms with van der Waals surface area (Å²) in [5.74, 6) is 0.726. The van der Waals surface area contributed by atoms with E-state index in [1.165, 1.54) is 12.0 Å². The summed E-state index contributed by atoms with van der Waals surface area (Å²) in [4.78, 5) is 28.4. The van der Waals surface area contributed by atoms with Gasteiger partial charge in [-0.05, 0) is 75.6 Å². The zero-order chi connectivity index (χ0) is 20.2. The minimum absolute atomic E-state index is 0.0558. The minimum atomic E-state index is -0.167. The predicted octanol–water partition coefficient (Wildman–Crippen LogP) is 3.06. The van der Waals surface area contributed by atoms with E-state index in [2.05, 4.69) is 22.3 Å². The first-order valence-electron chi connectivity index (χ1n) is 11.2. The lowest BCUT2D eigenvalue weighted by molar-refractivity contribution is 0.0796. The van der Waals surface area contributed by atoms with Gasteiger partial charge in [-0.3, -0.25) is 9.69 Å². The van der Waals surface area contributed by atoms with Gasteiger partial charge in [0.1, 0.15) is 0 Å². The molecule has 1 aromatic rings. The van der Waals surface area contributed by atoms with Crippen molar-refractivity contribution < 1.29 is 14.3 Å². The molecule has 2 saturated heterocycles. The van der Waals surface area contributed by atoms with Crippen LogP contribution in [-0.2, 0) is 11.2 Å². The van der Waals surface area contributed by atoms with Crippen molar-refractivity contribution in [3.63, 3.8) is 0 Å². The Morgan fingerprint density at radius 3 is 2.41 bits per heavy atom. The monoisotopic (exact) mass is 399 g/mol. The molecule has 1 unspecified atom stereocenters. The molecular weight excluding hydrogens is 366 g/mol. The fraction of sp³-hybridized carbons (Fsp3) is 0.652. The fourth-order valence-electron chi connectivity index (χ4n) is 4.61. The van der Waals surface area contributed by atoms with Crippen molar-refractivity contribution in [2.45, 2.75) is 57.5 Å². The second-order valence-electron chi connectivity index (χ2n) is 8.72. The van der Waals surface area contributed by atoms with E-state index in [0.717, 1.165) is 63.8 Å². The van der Waals surface area contributed by atoms with Crippen molar-refractivity contribution in [2.75, 3.05) is 32.8 Å². The third kappa shape index (κ3) is 5.30. The Labute approximate surface area is 173 Å². The molecule has 0 bridgehead atoms. The molecule has 2 amide bonds. The summed E-state index contributed by atoms with van der Waals surface area (Å²) in [5, 5.41) is 3.04. The van der Waals surface area contributed by atoms with Gasteiger partial charge in [-0.25, -0.2) is 4.79 Å². The van der Waals surface area contributed by atoms with Crippen LogP contribution >= 0.6 is 0 Å². The van der Waals surface area contributed by atoms with Gasteiger partial charge in [-0.1, -0.05) is 12.1 Å². The topological polar surface area (TPSA) is 61.9 Å². The van der Waals surface area contributed by atoms with E-state index >= 15 is 0 Å². The molecule has 2 aliphatic heterocycles. The van der Waals surface area contributed by atoms with E-state index in [-0.39, 0.29) is 12.0 Å². The third-order valence-electron chi connectivity index (χ3n) is 6.48. The van der Waals surface area contributed by atoms with E-state index in [1.807, 2.05) is 24.0 Å². The average molecular weight is 400 g/mol. The maximum Gasteiger partial charge on any atom is 0.409 e. The van der Waals surface area contributed by atoms with Crippen LogP contribution in [-0.4, -0.2) is 66.7 Å². The van der Waals surface area contributed by atoms with Crippen LogP contribution in [0, 0.1) is 5.92 Å². The van der Waals surface area contributed by atoms with Crippen molar-refractivity contribution in [3.8, 4) is 0 Å². The van der Waals surface area contributed by atoms with Gasteiger partial charge in [0.25, 0.3) is 5.91 Å². The summed E-state index contributed by atoms with van der Waals surface area (Å²) in [6.07, 6.45) is 6.44. The number of rotatable bonds is 6. The molecule has 29 heavy (non-hydrogen) atoms. The number of carbonyl (C=O) groups is 2. The first kappa shape index (κ1) is 20.2. The molecule has 1 N–H and O–H groups in total. The van der Waals surface area contributed by atoms with Gasteiger partial charge in [0.05, 0.1) is 6.61 Å². The molecule has 1 aliphatic carbocycles. The molecule has 1 atom stereocenters. The average Bonchev–Trinajstić information content (AvgIpc) is 3.43. The Morgan fingerprint density at radius 1 is 1.03 bits per heavy atom. The minimum Gasteiger partial charge on any atom is -0.450 e. The van der Waals surface area contributed by atoms with Crippen molar-refractivity contribution in [2.24, 2.45) is 5.92 Å². The lowest BCUT2D eigenvalue weighted by Gasteiger charge is -2.36. The fourth-order valence-corrected chi connectivity index (χ4v) is 4.61. The van der Waals surface area contributed by atoms with Gasteiger partial charge in [0, 0.05) is 37.3 Å². The summed E-state index contributed by atoms with van der Waals surface area (Å²) in [6.45, 7) is 6.18. The molecule has 6 heteroatoms. The van der Waals surface area contributed by atoms with Crippen LogP contribution in [0.25, 0.3) is 0 Å². The molecule has 1 aromatic carbocycles. The highest BCUT2D eigenvalue weighted by Crippen LogP contribution is 2.27. The van der Waals surface area contributed by atoms with Crippen LogP contribution in [0.3, 0.4) is 0 Å². The Balaban J connectivity index is 1.22.